The molecule has 0 spiro atoms. The zero-order valence-corrected chi connectivity index (χ0v) is 14.4. The normalized spacial score (nSPS) is 22.8. The summed E-state index contributed by atoms with van der Waals surface area (Å²) < 4.78 is 11.0. The largest absolute Gasteiger partial charge is 0.484 e. The van der Waals surface area contributed by atoms with Crippen molar-refractivity contribution >= 4 is 5.91 Å². The first-order chi connectivity index (χ1) is 11.8. The minimum absolute atomic E-state index is 0.103. The first-order valence-electron chi connectivity index (χ1n) is 9.07. The predicted molar refractivity (Wildman–Crippen MR) is 93.1 cm³/mol. The molecule has 2 aliphatic heterocycles. The molecule has 2 heterocycles. The number of nitrogens with zero attached hydrogens (tertiary/aromatic N) is 2. The Morgan fingerprint density at radius 2 is 1.88 bits per heavy atom. The number of carbonyl (C=O) groups is 1. The summed E-state index contributed by atoms with van der Waals surface area (Å²) in [7, 11) is 0. The summed E-state index contributed by atoms with van der Waals surface area (Å²) >= 11 is 0. The van der Waals surface area contributed by atoms with Gasteiger partial charge in [0.15, 0.2) is 6.61 Å². The van der Waals surface area contributed by atoms with Crippen LogP contribution in [0.25, 0.3) is 0 Å². The van der Waals surface area contributed by atoms with Gasteiger partial charge in [-0.1, -0.05) is 18.2 Å². The first kappa shape index (κ1) is 17.2. The van der Waals surface area contributed by atoms with Crippen molar-refractivity contribution in [3.8, 4) is 5.75 Å². The second kappa shape index (κ2) is 9.04. The predicted octanol–water partition coefficient (Wildman–Crippen LogP) is 2.03. The Kier molecular flexibility index (Phi) is 6.49. The summed E-state index contributed by atoms with van der Waals surface area (Å²) in [6, 6.07) is 9.55. The molecular formula is C19H28N2O3. The maximum atomic E-state index is 12.4. The molecule has 132 valence electrons. The fourth-order valence-corrected chi connectivity index (χ4v) is 3.50. The Morgan fingerprint density at radius 3 is 2.67 bits per heavy atom. The summed E-state index contributed by atoms with van der Waals surface area (Å²) in [4.78, 5) is 16.9. The van der Waals surface area contributed by atoms with Gasteiger partial charge in [0.1, 0.15) is 5.75 Å². The van der Waals surface area contributed by atoms with Crippen LogP contribution in [0.3, 0.4) is 0 Å². The third-order valence-electron chi connectivity index (χ3n) is 4.93. The summed E-state index contributed by atoms with van der Waals surface area (Å²) in [6.07, 6.45) is 3.39. The van der Waals surface area contributed by atoms with Gasteiger partial charge in [0.05, 0.1) is 13.2 Å². The minimum Gasteiger partial charge on any atom is -0.484 e. The number of likely N-dealkylation sites (tertiary alicyclic amines) is 1. The van der Waals surface area contributed by atoms with E-state index in [2.05, 4.69) is 4.90 Å². The third kappa shape index (κ3) is 5.21. The molecule has 5 heteroatoms. The summed E-state index contributed by atoms with van der Waals surface area (Å²) in [5.41, 5.74) is 0. The maximum Gasteiger partial charge on any atom is 0.260 e. The molecule has 1 atom stereocenters. The number of para-hydroxylation sites is 1. The molecule has 0 N–H and O–H groups in total. The lowest BCUT2D eigenvalue weighted by Gasteiger charge is -2.30. The van der Waals surface area contributed by atoms with Crippen LogP contribution in [-0.4, -0.2) is 68.3 Å². The standard InChI is InChI=1S/C19H28N2O3/c22-19(16-24-18-6-2-1-3-7-18)21-9-4-5-17(8-10-21)15-20-11-13-23-14-12-20/h1-3,6-7,17H,4-5,8-16H2/t17-/m0/s1. The van der Waals surface area contributed by atoms with Crippen molar-refractivity contribution in [2.45, 2.75) is 19.3 Å². The van der Waals surface area contributed by atoms with Crippen molar-refractivity contribution in [2.24, 2.45) is 5.92 Å². The highest BCUT2D eigenvalue weighted by atomic mass is 16.5. The van der Waals surface area contributed by atoms with Crippen molar-refractivity contribution in [1.29, 1.82) is 0 Å². The second-order valence-corrected chi connectivity index (χ2v) is 6.69. The molecule has 2 aliphatic rings. The summed E-state index contributed by atoms with van der Waals surface area (Å²) in [5.74, 6) is 1.55. The SMILES string of the molecule is O=C(COc1ccccc1)N1CCC[C@H](CN2CCOCC2)CC1. The maximum absolute atomic E-state index is 12.4. The molecule has 1 amide bonds. The number of ether oxygens (including phenoxy) is 2. The van der Waals surface area contributed by atoms with E-state index < -0.39 is 0 Å². The number of morpholine rings is 1. The van der Waals surface area contributed by atoms with Gasteiger partial charge in [0, 0.05) is 32.7 Å². The van der Waals surface area contributed by atoms with E-state index in [-0.39, 0.29) is 12.5 Å². The topological polar surface area (TPSA) is 42.0 Å². The van der Waals surface area contributed by atoms with Gasteiger partial charge in [-0.3, -0.25) is 9.69 Å². The lowest BCUT2D eigenvalue weighted by atomic mass is 10.00. The number of benzene rings is 1. The molecule has 1 aromatic carbocycles. The molecule has 0 aliphatic carbocycles. The van der Waals surface area contributed by atoms with E-state index in [4.69, 9.17) is 9.47 Å². The quantitative estimate of drug-likeness (QED) is 0.827. The van der Waals surface area contributed by atoms with Crippen LogP contribution in [0.15, 0.2) is 30.3 Å². The van der Waals surface area contributed by atoms with Crippen molar-refractivity contribution in [3.63, 3.8) is 0 Å². The van der Waals surface area contributed by atoms with Crippen molar-refractivity contribution in [3.05, 3.63) is 30.3 Å². The fourth-order valence-electron chi connectivity index (χ4n) is 3.50. The van der Waals surface area contributed by atoms with Crippen molar-refractivity contribution in [1.82, 2.24) is 9.80 Å². The number of carbonyl (C=O) groups excluding carboxylic acids is 1. The van der Waals surface area contributed by atoms with E-state index in [1.54, 1.807) is 0 Å². The molecule has 0 unspecified atom stereocenters. The van der Waals surface area contributed by atoms with E-state index in [0.717, 1.165) is 64.5 Å². The number of hydrogen-bond donors (Lipinski definition) is 0. The van der Waals surface area contributed by atoms with Crippen molar-refractivity contribution in [2.75, 3.05) is 52.5 Å². The van der Waals surface area contributed by atoms with E-state index in [9.17, 15) is 4.79 Å². The Labute approximate surface area is 144 Å². The van der Waals surface area contributed by atoms with Crippen LogP contribution < -0.4 is 4.74 Å². The fraction of sp³-hybridized carbons (Fsp3) is 0.632. The molecule has 0 aromatic heterocycles. The van der Waals surface area contributed by atoms with Gasteiger partial charge in [0.2, 0.25) is 0 Å². The Bertz CT molecular complexity index is 503. The lowest BCUT2D eigenvalue weighted by Crippen LogP contribution is -2.39. The highest BCUT2D eigenvalue weighted by Gasteiger charge is 2.23. The average molecular weight is 332 g/mol. The Balaban J connectivity index is 1.41. The molecule has 3 rings (SSSR count). The van der Waals surface area contributed by atoms with E-state index in [0.29, 0.717) is 5.92 Å². The van der Waals surface area contributed by atoms with Crippen LogP contribution >= 0.6 is 0 Å². The molecule has 0 bridgehead atoms. The van der Waals surface area contributed by atoms with E-state index in [1.807, 2.05) is 35.2 Å². The van der Waals surface area contributed by atoms with Gasteiger partial charge in [0.25, 0.3) is 5.91 Å². The third-order valence-corrected chi connectivity index (χ3v) is 4.93. The molecule has 2 saturated heterocycles. The van der Waals surface area contributed by atoms with Gasteiger partial charge in [-0.25, -0.2) is 0 Å². The van der Waals surface area contributed by atoms with E-state index >= 15 is 0 Å². The van der Waals surface area contributed by atoms with Gasteiger partial charge >= 0.3 is 0 Å². The number of rotatable bonds is 5. The van der Waals surface area contributed by atoms with Crippen LogP contribution in [0.2, 0.25) is 0 Å². The van der Waals surface area contributed by atoms with Crippen molar-refractivity contribution < 1.29 is 14.3 Å². The monoisotopic (exact) mass is 332 g/mol. The van der Waals surface area contributed by atoms with Crippen LogP contribution in [0.1, 0.15) is 19.3 Å². The molecule has 24 heavy (non-hydrogen) atoms. The zero-order valence-electron chi connectivity index (χ0n) is 14.4. The summed E-state index contributed by atoms with van der Waals surface area (Å²) in [6.45, 7) is 6.79. The van der Waals surface area contributed by atoms with Crippen LogP contribution in [0.5, 0.6) is 5.75 Å². The Morgan fingerprint density at radius 1 is 1.08 bits per heavy atom. The Hall–Kier alpha value is -1.59. The number of hydrogen-bond acceptors (Lipinski definition) is 4. The van der Waals surface area contributed by atoms with Crippen LogP contribution in [-0.2, 0) is 9.53 Å². The average Bonchev–Trinajstić information content (AvgIpc) is 2.87. The highest BCUT2D eigenvalue weighted by Crippen LogP contribution is 2.19. The smallest absolute Gasteiger partial charge is 0.260 e. The van der Waals surface area contributed by atoms with E-state index in [1.165, 1.54) is 6.42 Å². The van der Waals surface area contributed by atoms with Gasteiger partial charge in [-0.15, -0.1) is 0 Å². The van der Waals surface area contributed by atoms with Gasteiger partial charge in [-0.2, -0.15) is 0 Å². The molecule has 2 fully saturated rings. The molecule has 5 nitrogen and oxygen atoms in total. The minimum atomic E-state index is 0.103. The highest BCUT2D eigenvalue weighted by molar-refractivity contribution is 5.77. The van der Waals surface area contributed by atoms with Crippen LogP contribution in [0.4, 0.5) is 0 Å². The zero-order chi connectivity index (χ0) is 16.6. The van der Waals surface area contributed by atoms with Gasteiger partial charge in [-0.05, 0) is 37.3 Å². The lowest BCUT2D eigenvalue weighted by molar-refractivity contribution is -0.133. The number of amides is 1. The molecular weight excluding hydrogens is 304 g/mol. The molecule has 1 aromatic rings. The second-order valence-electron chi connectivity index (χ2n) is 6.69. The molecule has 0 saturated carbocycles. The molecule has 0 radical (unpaired) electrons. The first-order valence-corrected chi connectivity index (χ1v) is 9.07. The van der Waals surface area contributed by atoms with Crippen LogP contribution in [0, 0.1) is 5.92 Å². The van der Waals surface area contributed by atoms with Gasteiger partial charge < -0.3 is 14.4 Å². The summed E-state index contributed by atoms with van der Waals surface area (Å²) in [5, 5.41) is 0.